The Kier molecular flexibility index (Phi) is 6.30. The van der Waals surface area contributed by atoms with E-state index < -0.39 is 0 Å². The zero-order chi connectivity index (χ0) is 22.3. The number of phenolic OH excluding ortho intramolecular Hbond substituents is 1. The average Bonchev–Trinajstić information content (AvgIpc) is 3.09. The maximum Gasteiger partial charge on any atom is 0.219 e. The molecule has 1 aliphatic heterocycles. The number of hydrogen-bond acceptors (Lipinski definition) is 5. The average molecular weight is 430 g/mol. The Hall–Kier alpha value is -1.92. The number of rotatable bonds is 3. The van der Waals surface area contributed by atoms with Crippen LogP contribution in [0.4, 0.5) is 0 Å². The van der Waals surface area contributed by atoms with Crippen LogP contribution in [0.3, 0.4) is 0 Å². The summed E-state index contributed by atoms with van der Waals surface area (Å²) in [5, 5.41) is 14.2. The first-order valence-electron chi connectivity index (χ1n) is 10.7. The summed E-state index contributed by atoms with van der Waals surface area (Å²) in [7, 11) is 0. The summed E-state index contributed by atoms with van der Waals surface area (Å²) in [6.07, 6.45) is 0. The van der Waals surface area contributed by atoms with Gasteiger partial charge in [0, 0.05) is 55.2 Å². The van der Waals surface area contributed by atoms with Gasteiger partial charge < -0.3 is 10.0 Å². The van der Waals surface area contributed by atoms with E-state index in [0.29, 0.717) is 5.75 Å². The maximum absolute atomic E-state index is 11.5. The standard InChI is InChI=1S/C24H35N3O2S/c1-16(28)27-10-8-26(9-11-27)14-21-25-20(15-30-21)17-12-18(23(2,3)4)22(29)19(13-17)24(5,6)7/h12-13,15,29H,8-11,14H2,1-7H3. The minimum Gasteiger partial charge on any atom is -0.507 e. The Balaban J connectivity index is 1.85. The molecule has 0 spiro atoms. The second-order valence-electron chi connectivity index (χ2n) is 10.3. The number of nitrogens with zero attached hydrogens (tertiary/aromatic N) is 3. The Morgan fingerprint density at radius 2 is 1.57 bits per heavy atom. The van der Waals surface area contributed by atoms with E-state index in [-0.39, 0.29) is 16.7 Å². The molecule has 2 heterocycles. The molecule has 1 fully saturated rings. The van der Waals surface area contributed by atoms with Gasteiger partial charge in [-0.25, -0.2) is 4.98 Å². The van der Waals surface area contributed by atoms with Gasteiger partial charge in [-0.1, -0.05) is 41.5 Å². The van der Waals surface area contributed by atoms with Crippen LogP contribution in [0.1, 0.15) is 64.6 Å². The minimum absolute atomic E-state index is 0.155. The molecule has 3 rings (SSSR count). The van der Waals surface area contributed by atoms with Crippen molar-refractivity contribution in [1.82, 2.24) is 14.8 Å². The minimum atomic E-state index is -0.157. The topological polar surface area (TPSA) is 56.7 Å². The third kappa shape index (κ3) is 5.03. The van der Waals surface area contributed by atoms with Crippen LogP contribution in [0, 0.1) is 0 Å². The maximum atomic E-state index is 11.5. The molecule has 0 unspecified atom stereocenters. The van der Waals surface area contributed by atoms with Gasteiger partial charge >= 0.3 is 0 Å². The van der Waals surface area contributed by atoms with Gasteiger partial charge in [-0.3, -0.25) is 9.69 Å². The van der Waals surface area contributed by atoms with Crippen molar-refractivity contribution in [3.05, 3.63) is 33.6 Å². The molecule has 6 heteroatoms. The van der Waals surface area contributed by atoms with Gasteiger partial charge in [0.05, 0.1) is 12.2 Å². The van der Waals surface area contributed by atoms with Crippen LogP contribution in [0.25, 0.3) is 11.3 Å². The van der Waals surface area contributed by atoms with E-state index in [1.807, 2.05) is 4.90 Å². The van der Waals surface area contributed by atoms with Crippen molar-refractivity contribution in [3.8, 4) is 17.0 Å². The number of benzene rings is 1. The molecule has 0 bridgehead atoms. The molecule has 1 aliphatic rings. The summed E-state index contributed by atoms with van der Waals surface area (Å²) in [4.78, 5) is 20.7. The van der Waals surface area contributed by atoms with Gasteiger partial charge in [0.15, 0.2) is 0 Å². The van der Waals surface area contributed by atoms with Crippen LogP contribution >= 0.6 is 11.3 Å². The molecule has 1 aromatic carbocycles. The molecule has 1 saturated heterocycles. The molecule has 1 amide bonds. The highest BCUT2D eigenvalue weighted by molar-refractivity contribution is 7.09. The Morgan fingerprint density at radius 1 is 1.03 bits per heavy atom. The SMILES string of the molecule is CC(=O)N1CCN(Cc2nc(-c3cc(C(C)(C)C)c(O)c(C(C)(C)C)c3)cs2)CC1. The molecule has 30 heavy (non-hydrogen) atoms. The largest absolute Gasteiger partial charge is 0.507 e. The predicted molar refractivity (Wildman–Crippen MR) is 124 cm³/mol. The van der Waals surface area contributed by atoms with Crippen LogP contribution in [-0.2, 0) is 22.2 Å². The lowest BCUT2D eigenvalue weighted by Crippen LogP contribution is -2.47. The summed E-state index contributed by atoms with van der Waals surface area (Å²) in [5.41, 5.74) is 3.63. The van der Waals surface area contributed by atoms with E-state index in [1.165, 1.54) is 0 Å². The first kappa shape index (κ1) is 22.8. The summed E-state index contributed by atoms with van der Waals surface area (Å²) >= 11 is 1.68. The van der Waals surface area contributed by atoms with Gasteiger partial charge in [-0.15, -0.1) is 11.3 Å². The van der Waals surface area contributed by atoms with Gasteiger partial charge in [0.25, 0.3) is 0 Å². The van der Waals surface area contributed by atoms with Gasteiger partial charge in [0.1, 0.15) is 10.8 Å². The number of carbonyl (C=O) groups is 1. The lowest BCUT2D eigenvalue weighted by Gasteiger charge is -2.33. The third-order valence-electron chi connectivity index (χ3n) is 5.75. The fourth-order valence-corrected chi connectivity index (χ4v) is 4.70. The van der Waals surface area contributed by atoms with Crippen molar-refractivity contribution in [3.63, 3.8) is 0 Å². The monoisotopic (exact) mass is 429 g/mol. The van der Waals surface area contributed by atoms with E-state index in [2.05, 4.69) is 64.0 Å². The number of amides is 1. The highest BCUT2D eigenvalue weighted by Crippen LogP contribution is 2.42. The second kappa shape index (κ2) is 8.31. The second-order valence-corrected chi connectivity index (χ2v) is 11.3. The van der Waals surface area contributed by atoms with Crippen molar-refractivity contribution in [2.75, 3.05) is 26.2 Å². The van der Waals surface area contributed by atoms with Crippen molar-refractivity contribution in [2.24, 2.45) is 0 Å². The van der Waals surface area contributed by atoms with E-state index in [1.54, 1.807) is 18.3 Å². The zero-order valence-corrected chi connectivity index (χ0v) is 20.2. The van der Waals surface area contributed by atoms with Crippen LogP contribution < -0.4 is 0 Å². The molecule has 5 nitrogen and oxygen atoms in total. The van der Waals surface area contributed by atoms with Crippen molar-refractivity contribution >= 4 is 17.2 Å². The van der Waals surface area contributed by atoms with Gasteiger partial charge in [-0.05, 0) is 23.0 Å². The Bertz CT molecular complexity index is 878. The lowest BCUT2D eigenvalue weighted by molar-refractivity contribution is -0.130. The van der Waals surface area contributed by atoms with Crippen LogP contribution in [-0.4, -0.2) is 52.0 Å². The molecule has 1 N–H and O–H groups in total. The summed E-state index contributed by atoms with van der Waals surface area (Å²) in [5.74, 6) is 0.556. The molecular weight excluding hydrogens is 394 g/mol. The van der Waals surface area contributed by atoms with Crippen molar-refractivity contribution < 1.29 is 9.90 Å². The van der Waals surface area contributed by atoms with Crippen LogP contribution in [0.15, 0.2) is 17.5 Å². The van der Waals surface area contributed by atoms with E-state index in [9.17, 15) is 9.90 Å². The fraction of sp³-hybridized carbons (Fsp3) is 0.583. The number of thiazole rings is 1. The van der Waals surface area contributed by atoms with Crippen LogP contribution in [0.2, 0.25) is 0 Å². The normalized spacial score (nSPS) is 16.2. The van der Waals surface area contributed by atoms with E-state index >= 15 is 0 Å². The molecule has 164 valence electrons. The Morgan fingerprint density at radius 3 is 2.03 bits per heavy atom. The first-order chi connectivity index (χ1) is 13.9. The number of carbonyl (C=O) groups excluding carboxylic acids is 1. The van der Waals surface area contributed by atoms with E-state index in [4.69, 9.17) is 4.98 Å². The van der Waals surface area contributed by atoms with Gasteiger partial charge in [-0.2, -0.15) is 0 Å². The molecule has 0 atom stereocenters. The fourth-order valence-electron chi connectivity index (χ4n) is 3.85. The highest BCUT2D eigenvalue weighted by atomic mass is 32.1. The number of phenols is 1. The lowest BCUT2D eigenvalue weighted by atomic mass is 9.78. The summed E-state index contributed by atoms with van der Waals surface area (Å²) in [6.45, 7) is 18.6. The summed E-state index contributed by atoms with van der Waals surface area (Å²) < 4.78 is 0. The number of piperazine rings is 1. The van der Waals surface area contributed by atoms with E-state index in [0.717, 1.165) is 60.1 Å². The molecule has 1 aromatic heterocycles. The van der Waals surface area contributed by atoms with Crippen LogP contribution in [0.5, 0.6) is 5.75 Å². The Labute approximate surface area is 184 Å². The smallest absolute Gasteiger partial charge is 0.219 e. The van der Waals surface area contributed by atoms with Crippen molar-refractivity contribution in [1.29, 1.82) is 0 Å². The molecule has 0 aliphatic carbocycles. The zero-order valence-electron chi connectivity index (χ0n) is 19.4. The molecular formula is C24H35N3O2S. The third-order valence-corrected chi connectivity index (χ3v) is 6.58. The number of hydrogen-bond donors (Lipinski definition) is 1. The van der Waals surface area contributed by atoms with Gasteiger partial charge in [0.2, 0.25) is 5.91 Å². The molecule has 0 saturated carbocycles. The molecule has 2 aromatic rings. The predicted octanol–water partition coefficient (Wildman–Crippen LogP) is 4.77. The number of aromatic nitrogens is 1. The van der Waals surface area contributed by atoms with Crippen molar-refractivity contribution in [2.45, 2.75) is 65.8 Å². The quantitative estimate of drug-likeness (QED) is 0.763. The number of aromatic hydroxyl groups is 1. The first-order valence-corrected chi connectivity index (χ1v) is 11.5. The summed E-state index contributed by atoms with van der Waals surface area (Å²) in [6, 6.07) is 4.18. The molecule has 0 radical (unpaired) electrons. The highest BCUT2D eigenvalue weighted by Gasteiger charge is 2.27.